The number of nitrogens with one attached hydrogen (secondary N) is 3. The molecular formula is C24H42N4O2+2. The summed E-state index contributed by atoms with van der Waals surface area (Å²) >= 11 is 0. The summed E-state index contributed by atoms with van der Waals surface area (Å²) in [6.45, 7) is 17.5. The molecule has 30 heavy (non-hydrogen) atoms. The molecule has 2 rings (SSSR count). The number of nitrogens with zero attached hydrogens (tertiary/aromatic N) is 1. The van der Waals surface area contributed by atoms with Crippen molar-refractivity contribution in [3.63, 3.8) is 0 Å². The van der Waals surface area contributed by atoms with E-state index in [4.69, 9.17) is 0 Å². The molecule has 1 aliphatic rings. The highest BCUT2D eigenvalue weighted by molar-refractivity contribution is 5.92. The van der Waals surface area contributed by atoms with E-state index in [1.165, 1.54) is 15.4 Å². The van der Waals surface area contributed by atoms with Crippen molar-refractivity contribution in [3.05, 3.63) is 29.3 Å². The third kappa shape index (κ3) is 6.54. The Hall–Kier alpha value is -1.92. The maximum absolute atomic E-state index is 13.0. The number of amides is 2. The van der Waals surface area contributed by atoms with Gasteiger partial charge in [0.25, 0.3) is 11.8 Å². The van der Waals surface area contributed by atoms with Crippen LogP contribution in [0.2, 0.25) is 0 Å². The molecule has 1 aliphatic heterocycles. The Morgan fingerprint density at radius 3 is 2.03 bits per heavy atom. The van der Waals surface area contributed by atoms with Gasteiger partial charge in [0.2, 0.25) is 0 Å². The number of benzene rings is 1. The monoisotopic (exact) mass is 418 g/mol. The lowest BCUT2D eigenvalue weighted by Gasteiger charge is -2.36. The molecule has 0 aromatic heterocycles. The molecule has 0 spiro atoms. The van der Waals surface area contributed by atoms with Crippen molar-refractivity contribution in [1.82, 2.24) is 4.90 Å². The molecule has 168 valence electrons. The van der Waals surface area contributed by atoms with Gasteiger partial charge in [-0.25, -0.2) is 0 Å². The third-order valence-electron chi connectivity index (χ3n) is 6.77. The van der Waals surface area contributed by atoms with Gasteiger partial charge in [-0.1, -0.05) is 26.0 Å². The largest absolute Gasteiger partial charge is 0.332 e. The Labute approximate surface area is 182 Å². The number of hydrogen-bond donors (Lipinski definition) is 3. The molecule has 1 fully saturated rings. The van der Waals surface area contributed by atoms with Crippen LogP contribution in [0.1, 0.15) is 51.7 Å². The minimum Gasteiger partial charge on any atom is -0.332 e. The molecule has 0 bridgehead atoms. The van der Waals surface area contributed by atoms with Crippen molar-refractivity contribution in [3.8, 4) is 0 Å². The van der Waals surface area contributed by atoms with Crippen LogP contribution in [-0.2, 0) is 9.59 Å². The fourth-order valence-electron chi connectivity index (χ4n) is 4.24. The van der Waals surface area contributed by atoms with Crippen LogP contribution in [0.25, 0.3) is 0 Å². The van der Waals surface area contributed by atoms with Gasteiger partial charge in [-0.15, -0.1) is 0 Å². The number of anilines is 1. The van der Waals surface area contributed by atoms with E-state index in [2.05, 4.69) is 50.9 Å². The van der Waals surface area contributed by atoms with E-state index in [1.54, 1.807) is 0 Å². The number of hydrogen-bond acceptors (Lipinski definition) is 2. The van der Waals surface area contributed by atoms with Crippen LogP contribution in [0.4, 0.5) is 5.69 Å². The summed E-state index contributed by atoms with van der Waals surface area (Å²) in [6.07, 6.45) is 1.97. The second kappa shape index (κ2) is 11.5. The Morgan fingerprint density at radius 1 is 0.967 bits per heavy atom. The molecule has 0 radical (unpaired) electrons. The number of rotatable bonds is 9. The molecule has 2 atom stereocenters. The molecule has 6 heteroatoms. The Balaban J connectivity index is 1.82. The number of carbonyl (C=O) groups excluding carboxylic acids is 2. The summed E-state index contributed by atoms with van der Waals surface area (Å²) < 4.78 is 0. The first-order valence-corrected chi connectivity index (χ1v) is 11.6. The summed E-state index contributed by atoms with van der Waals surface area (Å²) in [5, 5.41) is 3.07. The quantitative estimate of drug-likeness (QED) is 0.545. The van der Waals surface area contributed by atoms with Gasteiger partial charge in [0, 0.05) is 17.8 Å². The number of carbonyl (C=O) groups is 2. The molecule has 1 heterocycles. The normalized spacial score (nSPS) is 21.0. The average Bonchev–Trinajstić information content (AvgIpc) is 2.72. The molecule has 1 aromatic rings. The van der Waals surface area contributed by atoms with Crippen LogP contribution in [0.5, 0.6) is 0 Å². The highest BCUT2D eigenvalue weighted by Crippen LogP contribution is 2.17. The first-order valence-electron chi connectivity index (χ1n) is 11.6. The topological polar surface area (TPSA) is 58.3 Å². The van der Waals surface area contributed by atoms with E-state index in [9.17, 15) is 9.59 Å². The average molecular weight is 419 g/mol. The maximum Gasteiger partial charge on any atom is 0.279 e. The van der Waals surface area contributed by atoms with Crippen molar-refractivity contribution >= 4 is 17.5 Å². The van der Waals surface area contributed by atoms with Gasteiger partial charge in [-0.05, 0) is 57.7 Å². The molecular weight excluding hydrogens is 376 g/mol. The Bertz CT molecular complexity index is 703. The van der Waals surface area contributed by atoms with Crippen molar-refractivity contribution < 1.29 is 19.4 Å². The van der Waals surface area contributed by atoms with Crippen LogP contribution in [0.15, 0.2) is 18.2 Å². The number of piperazine rings is 1. The van der Waals surface area contributed by atoms with Crippen molar-refractivity contribution in [2.24, 2.45) is 0 Å². The zero-order valence-corrected chi connectivity index (χ0v) is 19.8. The predicted molar refractivity (Wildman–Crippen MR) is 122 cm³/mol. The highest BCUT2D eigenvalue weighted by Gasteiger charge is 2.30. The lowest BCUT2D eigenvalue weighted by molar-refractivity contribution is -1.00. The molecule has 0 saturated carbocycles. The molecule has 3 N–H and O–H groups in total. The lowest BCUT2D eigenvalue weighted by atomic mass is 10.1. The summed E-state index contributed by atoms with van der Waals surface area (Å²) in [5.74, 6) is 0.336. The minimum atomic E-state index is 0.0675. The molecule has 1 aromatic carbocycles. The molecule has 0 aliphatic carbocycles. The van der Waals surface area contributed by atoms with Crippen molar-refractivity contribution in [2.75, 3.05) is 44.6 Å². The third-order valence-corrected chi connectivity index (χ3v) is 6.77. The van der Waals surface area contributed by atoms with E-state index in [0.717, 1.165) is 50.3 Å². The number of aryl methyl sites for hydroxylation is 1. The van der Waals surface area contributed by atoms with Gasteiger partial charge in [0.15, 0.2) is 13.1 Å². The standard InChI is InChI=1S/C24H40N4O2/c1-7-19(4)28(20(5)8-2)24(30)17-27-14-12-26(13-15-27)16-23(29)25-22-11-9-10-18(3)21(22)6/h9-11,19-20H,7-8,12-17H2,1-6H3,(H,25,29)/p+2/t19-,20-/m0/s1. The summed E-state index contributed by atoms with van der Waals surface area (Å²) in [5.41, 5.74) is 3.22. The lowest BCUT2D eigenvalue weighted by Crippen LogP contribution is -3.28. The maximum atomic E-state index is 13.0. The fourth-order valence-corrected chi connectivity index (χ4v) is 4.24. The molecule has 2 amide bonds. The van der Waals surface area contributed by atoms with Gasteiger partial charge >= 0.3 is 0 Å². The van der Waals surface area contributed by atoms with E-state index in [-0.39, 0.29) is 23.9 Å². The summed E-state index contributed by atoms with van der Waals surface area (Å²) in [7, 11) is 0. The van der Waals surface area contributed by atoms with Crippen LogP contribution in [0.3, 0.4) is 0 Å². The van der Waals surface area contributed by atoms with E-state index < -0.39 is 0 Å². The van der Waals surface area contributed by atoms with Crippen LogP contribution < -0.4 is 15.1 Å². The summed E-state index contributed by atoms with van der Waals surface area (Å²) in [4.78, 5) is 30.2. The van der Waals surface area contributed by atoms with E-state index >= 15 is 0 Å². The fraction of sp³-hybridized carbons (Fsp3) is 0.667. The molecule has 0 unspecified atom stereocenters. The van der Waals surface area contributed by atoms with Crippen LogP contribution in [0, 0.1) is 13.8 Å². The zero-order valence-electron chi connectivity index (χ0n) is 19.8. The smallest absolute Gasteiger partial charge is 0.279 e. The van der Waals surface area contributed by atoms with Gasteiger partial charge in [0.05, 0.1) is 0 Å². The van der Waals surface area contributed by atoms with Crippen molar-refractivity contribution in [1.29, 1.82) is 0 Å². The van der Waals surface area contributed by atoms with Crippen LogP contribution >= 0.6 is 0 Å². The first-order chi connectivity index (χ1) is 14.3. The van der Waals surface area contributed by atoms with Crippen LogP contribution in [-0.4, -0.2) is 68.1 Å². The SMILES string of the molecule is CC[C@H](C)N(C(=O)C[NH+]1CC[NH+](CC(=O)Nc2cccc(C)c2C)CC1)[C@@H](C)CC. The van der Waals surface area contributed by atoms with E-state index in [1.807, 2.05) is 19.1 Å². The van der Waals surface area contributed by atoms with Gasteiger partial charge < -0.3 is 20.0 Å². The molecule has 6 nitrogen and oxygen atoms in total. The second-order valence-electron chi connectivity index (χ2n) is 8.96. The van der Waals surface area contributed by atoms with Crippen molar-refractivity contribution in [2.45, 2.75) is 66.5 Å². The second-order valence-corrected chi connectivity index (χ2v) is 8.96. The van der Waals surface area contributed by atoms with Gasteiger partial charge in [0.1, 0.15) is 26.2 Å². The van der Waals surface area contributed by atoms with Gasteiger partial charge in [-0.3, -0.25) is 9.59 Å². The van der Waals surface area contributed by atoms with Gasteiger partial charge in [-0.2, -0.15) is 0 Å². The first kappa shape index (κ1) is 24.4. The van der Waals surface area contributed by atoms with E-state index in [0.29, 0.717) is 13.1 Å². The highest BCUT2D eigenvalue weighted by atomic mass is 16.2. The number of quaternary nitrogens is 2. The zero-order chi connectivity index (χ0) is 22.3. The molecule has 1 saturated heterocycles. The Kier molecular flexibility index (Phi) is 9.31. The summed E-state index contributed by atoms with van der Waals surface area (Å²) in [6, 6.07) is 6.57. The Morgan fingerprint density at radius 2 is 1.50 bits per heavy atom. The predicted octanol–water partition coefficient (Wildman–Crippen LogP) is 0.451. The minimum absolute atomic E-state index is 0.0675.